The molecular weight excluding hydrogens is 272 g/mol. The molecule has 120 valence electrons. The summed E-state index contributed by atoms with van der Waals surface area (Å²) in [7, 11) is 0. The van der Waals surface area contributed by atoms with Crippen LogP contribution in [0.5, 0.6) is 0 Å². The predicted molar refractivity (Wildman–Crippen MR) is 88.5 cm³/mol. The van der Waals surface area contributed by atoms with Gasteiger partial charge in [0.1, 0.15) is 0 Å². The summed E-state index contributed by atoms with van der Waals surface area (Å²) in [5, 5.41) is 0. The lowest BCUT2D eigenvalue weighted by molar-refractivity contribution is -0.132. The molecule has 0 bridgehead atoms. The van der Waals surface area contributed by atoms with Crippen LogP contribution < -0.4 is 0 Å². The summed E-state index contributed by atoms with van der Waals surface area (Å²) in [5.74, 6) is 0.289. The van der Waals surface area contributed by atoms with Crippen molar-refractivity contribution in [1.82, 2.24) is 9.80 Å². The first-order valence-electron chi connectivity index (χ1n) is 7.86. The van der Waals surface area contributed by atoms with E-state index in [1.807, 2.05) is 25.7 Å². The van der Waals surface area contributed by atoms with Crippen LogP contribution in [0.2, 0.25) is 0 Å². The van der Waals surface area contributed by atoms with Crippen LogP contribution in [0, 0.1) is 0 Å². The van der Waals surface area contributed by atoms with Gasteiger partial charge in [-0.25, -0.2) is 0 Å². The van der Waals surface area contributed by atoms with E-state index in [1.165, 1.54) is 12.8 Å². The van der Waals surface area contributed by atoms with Gasteiger partial charge in [0.25, 0.3) is 0 Å². The maximum atomic E-state index is 11.5. The molecular formula is C15H32N2O2S. The molecule has 0 aromatic carbocycles. The van der Waals surface area contributed by atoms with Crippen molar-refractivity contribution in [2.45, 2.75) is 46.1 Å². The zero-order valence-corrected chi connectivity index (χ0v) is 14.5. The van der Waals surface area contributed by atoms with Crippen molar-refractivity contribution in [3.63, 3.8) is 0 Å². The largest absolute Gasteiger partial charge is 0.377 e. The highest BCUT2D eigenvalue weighted by atomic mass is 32.1. The number of carbonyl (C=O) groups excluding carboxylic acids is 1. The Bertz CT molecular complexity index is 238. The number of hydrogen-bond acceptors (Lipinski definition) is 4. The number of amides is 1. The van der Waals surface area contributed by atoms with Crippen molar-refractivity contribution >= 4 is 18.5 Å². The van der Waals surface area contributed by atoms with Crippen molar-refractivity contribution in [2.24, 2.45) is 0 Å². The van der Waals surface area contributed by atoms with Crippen molar-refractivity contribution in [3.8, 4) is 0 Å². The first kappa shape index (κ1) is 19.7. The molecule has 1 unspecified atom stereocenters. The van der Waals surface area contributed by atoms with E-state index < -0.39 is 0 Å². The van der Waals surface area contributed by atoms with E-state index >= 15 is 0 Å². The van der Waals surface area contributed by atoms with Gasteiger partial charge >= 0.3 is 0 Å². The summed E-state index contributed by atoms with van der Waals surface area (Å²) < 4.78 is 5.63. The van der Waals surface area contributed by atoms with Crippen LogP contribution in [0.1, 0.15) is 40.0 Å². The quantitative estimate of drug-likeness (QED) is 0.812. The minimum absolute atomic E-state index is 0.289. The van der Waals surface area contributed by atoms with E-state index in [9.17, 15) is 4.79 Å². The summed E-state index contributed by atoms with van der Waals surface area (Å²) in [6, 6.07) is 0. The molecule has 0 N–H and O–H groups in total. The maximum Gasteiger partial charge on any atom is 0.222 e. The first-order valence-corrected chi connectivity index (χ1v) is 8.75. The first-order chi connectivity index (χ1) is 9.79. The van der Waals surface area contributed by atoms with E-state index in [-0.39, 0.29) is 5.91 Å². The van der Waals surface area contributed by atoms with Crippen LogP contribution >= 0.6 is 12.6 Å². The van der Waals surface area contributed by atoms with Crippen LogP contribution in [0.3, 0.4) is 0 Å². The number of piperazine rings is 1. The van der Waals surface area contributed by atoms with Gasteiger partial charge in [0.05, 0.1) is 6.10 Å². The number of ether oxygens (including phenoxy) is 1. The smallest absolute Gasteiger partial charge is 0.222 e. The third kappa shape index (κ3) is 6.95. The van der Waals surface area contributed by atoms with Gasteiger partial charge in [-0.3, -0.25) is 9.69 Å². The Morgan fingerprint density at radius 1 is 1.20 bits per heavy atom. The highest BCUT2D eigenvalue weighted by Gasteiger charge is 2.23. The zero-order chi connectivity index (χ0) is 15.4. The van der Waals surface area contributed by atoms with Gasteiger partial charge in [0.2, 0.25) is 5.91 Å². The molecule has 2 fully saturated rings. The van der Waals surface area contributed by atoms with Gasteiger partial charge < -0.3 is 9.64 Å². The second-order valence-corrected chi connectivity index (χ2v) is 4.67. The topological polar surface area (TPSA) is 32.8 Å². The Morgan fingerprint density at radius 3 is 2.25 bits per heavy atom. The van der Waals surface area contributed by atoms with Gasteiger partial charge in [-0.2, -0.15) is 12.6 Å². The molecule has 0 radical (unpaired) electrons. The molecule has 2 saturated heterocycles. The molecule has 20 heavy (non-hydrogen) atoms. The van der Waals surface area contributed by atoms with Gasteiger partial charge in [-0.1, -0.05) is 20.8 Å². The van der Waals surface area contributed by atoms with Crippen LogP contribution in [0.25, 0.3) is 0 Å². The van der Waals surface area contributed by atoms with E-state index in [0.29, 0.717) is 12.5 Å². The summed E-state index contributed by atoms with van der Waals surface area (Å²) in [4.78, 5) is 15.9. The molecule has 0 spiro atoms. The average molecular weight is 304 g/mol. The number of thiol groups is 1. The van der Waals surface area contributed by atoms with E-state index in [4.69, 9.17) is 4.74 Å². The van der Waals surface area contributed by atoms with E-state index in [1.54, 1.807) is 6.26 Å². The van der Waals surface area contributed by atoms with Gasteiger partial charge in [-0.05, 0) is 19.1 Å². The molecule has 2 heterocycles. The second kappa shape index (κ2) is 12.5. The summed E-state index contributed by atoms with van der Waals surface area (Å²) in [6.07, 6.45) is 5.17. The van der Waals surface area contributed by atoms with Crippen LogP contribution in [0.4, 0.5) is 0 Å². The third-order valence-electron chi connectivity index (χ3n) is 3.51. The van der Waals surface area contributed by atoms with Crippen molar-refractivity contribution in [3.05, 3.63) is 0 Å². The van der Waals surface area contributed by atoms with Gasteiger partial charge in [0, 0.05) is 45.8 Å². The maximum absolute atomic E-state index is 11.5. The fourth-order valence-corrected chi connectivity index (χ4v) is 2.48. The summed E-state index contributed by atoms with van der Waals surface area (Å²) in [6.45, 7) is 11.7. The Labute approximate surface area is 130 Å². The minimum Gasteiger partial charge on any atom is -0.377 e. The molecule has 2 aliphatic heterocycles. The fourth-order valence-electron chi connectivity index (χ4n) is 2.48. The Kier molecular flexibility index (Phi) is 12.3. The molecule has 4 nitrogen and oxygen atoms in total. The molecule has 1 atom stereocenters. The number of carbonyl (C=O) groups is 1. The summed E-state index contributed by atoms with van der Waals surface area (Å²) >= 11 is 3.53. The van der Waals surface area contributed by atoms with Gasteiger partial charge in [0.15, 0.2) is 0 Å². The monoisotopic (exact) mass is 304 g/mol. The van der Waals surface area contributed by atoms with E-state index in [0.717, 1.165) is 39.3 Å². The lowest BCUT2D eigenvalue weighted by atomic mass is 10.2. The molecule has 2 rings (SSSR count). The molecule has 0 aliphatic carbocycles. The molecule has 1 amide bonds. The van der Waals surface area contributed by atoms with Crippen LogP contribution in [-0.2, 0) is 9.53 Å². The highest BCUT2D eigenvalue weighted by Crippen LogP contribution is 2.14. The zero-order valence-electron chi connectivity index (χ0n) is 13.6. The molecule has 5 heteroatoms. The number of nitrogens with zero attached hydrogens (tertiary/aromatic N) is 2. The lowest BCUT2D eigenvalue weighted by Crippen LogP contribution is -2.50. The highest BCUT2D eigenvalue weighted by molar-refractivity contribution is 7.79. The Hall–Kier alpha value is -0.260. The predicted octanol–water partition coefficient (Wildman–Crippen LogP) is 2.29. The van der Waals surface area contributed by atoms with E-state index in [2.05, 4.69) is 17.5 Å². The van der Waals surface area contributed by atoms with Crippen LogP contribution in [-0.4, -0.2) is 67.4 Å². The SMILES string of the molecule is CC.CCC(=O)N1CCN(CC2CCCO2)CC1.CS. The second-order valence-electron chi connectivity index (χ2n) is 4.67. The number of rotatable bonds is 3. The lowest BCUT2D eigenvalue weighted by Gasteiger charge is -2.35. The van der Waals surface area contributed by atoms with Gasteiger partial charge in [-0.15, -0.1) is 0 Å². The fraction of sp³-hybridized carbons (Fsp3) is 0.933. The molecule has 0 saturated carbocycles. The van der Waals surface area contributed by atoms with Crippen molar-refractivity contribution in [1.29, 1.82) is 0 Å². The molecule has 0 aromatic rings. The average Bonchev–Trinajstić information content (AvgIpc) is 3.04. The van der Waals surface area contributed by atoms with Crippen LogP contribution in [0.15, 0.2) is 0 Å². The van der Waals surface area contributed by atoms with Crippen molar-refractivity contribution in [2.75, 3.05) is 45.6 Å². The number of hydrogen-bond donors (Lipinski definition) is 1. The molecule has 2 aliphatic rings. The molecule has 0 aromatic heterocycles. The normalized spacial score (nSPS) is 22.4. The summed E-state index contributed by atoms with van der Waals surface area (Å²) in [5.41, 5.74) is 0. The van der Waals surface area contributed by atoms with Crippen molar-refractivity contribution < 1.29 is 9.53 Å². The third-order valence-corrected chi connectivity index (χ3v) is 3.51. The Morgan fingerprint density at radius 2 is 1.80 bits per heavy atom. The standard InChI is InChI=1S/C12H22N2O2.C2H6.CH4S/c1-2-12(15)14-7-5-13(6-8-14)10-11-4-3-9-16-11;2*1-2/h11H,2-10H2,1H3;1-2H3;2H,1H3. The minimum atomic E-state index is 0.289. The Balaban J connectivity index is 0.000000829.